The van der Waals surface area contributed by atoms with E-state index in [1.165, 1.54) is 0 Å². The van der Waals surface area contributed by atoms with Crippen molar-refractivity contribution in [2.24, 2.45) is 5.41 Å². The Balaban J connectivity index is 1.49. The predicted molar refractivity (Wildman–Crippen MR) is 91.0 cm³/mol. The lowest BCUT2D eigenvalue weighted by atomic mass is 9.53. The summed E-state index contributed by atoms with van der Waals surface area (Å²) in [5.41, 5.74) is -0.910. The fourth-order valence-electron chi connectivity index (χ4n) is 4.96. The Hall–Kier alpha value is -1.99. The summed E-state index contributed by atoms with van der Waals surface area (Å²) in [5.74, 6) is -0.138. The van der Waals surface area contributed by atoms with Gasteiger partial charge in [-0.25, -0.2) is 0 Å². The Labute approximate surface area is 146 Å². The second kappa shape index (κ2) is 5.78. The van der Waals surface area contributed by atoms with Gasteiger partial charge in [0.05, 0.1) is 16.6 Å². The molecule has 3 aliphatic heterocycles. The highest BCUT2D eigenvalue weighted by Gasteiger charge is 2.77. The molecule has 2 bridgehead atoms. The molecule has 0 atom stereocenters. The quantitative estimate of drug-likeness (QED) is 0.727. The zero-order valence-corrected chi connectivity index (χ0v) is 14.4. The number of carbonyl (C=O) groups is 2. The molecule has 7 nitrogen and oxygen atoms in total. The Bertz CT molecular complexity index is 679. The first kappa shape index (κ1) is 16.5. The molecule has 4 heterocycles. The van der Waals surface area contributed by atoms with E-state index >= 15 is 0 Å². The normalized spacial score (nSPS) is 32.0. The molecular formula is C18H24N4O3. The molecule has 3 N–H and O–H groups in total. The Morgan fingerprint density at radius 1 is 1.28 bits per heavy atom. The van der Waals surface area contributed by atoms with Gasteiger partial charge in [-0.15, -0.1) is 0 Å². The van der Waals surface area contributed by atoms with Gasteiger partial charge in [0, 0.05) is 19.8 Å². The highest BCUT2D eigenvalue weighted by atomic mass is 16.5. The van der Waals surface area contributed by atoms with Crippen molar-refractivity contribution >= 4 is 11.8 Å². The summed E-state index contributed by atoms with van der Waals surface area (Å²) in [6.07, 6.45) is 4.60. The van der Waals surface area contributed by atoms with E-state index < -0.39 is 16.6 Å². The highest BCUT2D eigenvalue weighted by molar-refractivity contribution is 5.92. The van der Waals surface area contributed by atoms with Gasteiger partial charge < -0.3 is 20.7 Å². The molecule has 3 saturated heterocycles. The molecule has 0 aromatic carbocycles. The minimum Gasteiger partial charge on any atom is -0.365 e. The Morgan fingerprint density at radius 2 is 2.04 bits per heavy atom. The predicted octanol–water partition coefficient (Wildman–Crippen LogP) is 0.229. The van der Waals surface area contributed by atoms with Gasteiger partial charge in [-0.2, -0.15) is 0 Å². The summed E-state index contributed by atoms with van der Waals surface area (Å²) >= 11 is 0. The van der Waals surface area contributed by atoms with Gasteiger partial charge in [0.25, 0.3) is 5.91 Å². The summed E-state index contributed by atoms with van der Waals surface area (Å²) < 4.78 is 6.53. The summed E-state index contributed by atoms with van der Waals surface area (Å²) in [6.45, 7) is 2.13. The van der Waals surface area contributed by atoms with E-state index in [0.29, 0.717) is 25.1 Å². The van der Waals surface area contributed by atoms with Crippen LogP contribution >= 0.6 is 0 Å². The van der Waals surface area contributed by atoms with Gasteiger partial charge in [0.2, 0.25) is 5.91 Å². The van der Waals surface area contributed by atoms with Crippen LogP contribution in [0.3, 0.4) is 0 Å². The van der Waals surface area contributed by atoms with Crippen molar-refractivity contribution in [2.75, 3.05) is 26.7 Å². The minimum atomic E-state index is -0.459. The third-order valence-electron chi connectivity index (χ3n) is 6.07. The molecule has 0 radical (unpaired) electrons. The van der Waals surface area contributed by atoms with Gasteiger partial charge in [-0.05, 0) is 50.9 Å². The fraction of sp³-hybridized carbons (Fsp3) is 0.611. The fourth-order valence-corrected chi connectivity index (χ4v) is 4.96. The molecule has 4 aliphatic rings. The number of amides is 2. The summed E-state index contributed by atoms with van der Waals surface area (Å²) in [6, 6.07) is 5.25. The van der Waals surface area contributed by atoms with Crippen LogP contribution in [-0.2, 0) is 9.53 Å². The maximum absolute atomic E-state index is 12.6. The van der Waals surface area contributed by atoms with Crippen LogP contribution in [0.1, 0.15) is 36.2 Å². The molecule has 134 valence electrons. The van der Waals surface area contributed by atoms with Crippen LogP contribution in [-0.4, -0.2) is 54.7 Å². The van der Waals surface area contributed by atoms with Crippen molar-refractivity contribution in [3.8, 4) is 0 Å². The highest BCUT2D eigenvalue weighted by Crippen LogP contribution is 2.68. The van der Waals surface area contributed by atoms with Gasteiger partial charge in [0.1, 0.15) is 5.69 Å². The smallest absolute Gasteiger partial charge is 0.269 e. The van der Waals surface area contributed by atoms with Crippen molar-refractivity contribution < 1.29 is 14.3 Å². The maximum Gasteiger partial charge on any atom is 0.269 e. The zero-order valence-electron chi connectivity index (χ0n) is 14.4. The number of ether oxygens (including phenoxy) is 1. The second-order valence-corrected chi connectivity index (χ2v) is 7.44. The zero-order chi connectivity index (χ0) is 17.5. The van der Waals surface area contributed by atoms with E-state index in [-0.39, 0.29) is 11.8 Å². The first-order valence-corrected chi connectivity index (χ1v) is 8.87. The van der Waals surface area contributed by atoms with Gasteiger partial charge in [-0.1, -0.05) is 6.07 Å². The molecule has 1 aromatic rings. The van der Waals surface area contributed by atoms with Crippen LogP contribution in [0.25, 0.3) is 0 Å². The van der Waals surface area contributed by atoms with Crippen LogP contribution in [0.2, 0.25) is 0 Å². The monoisotopic (exact) mass is 344 g/mol. The van der Waals surface area contributed by atoms with Crippen LogP contribution < -0.4 is 16.0 Å². The molecule has 1 spiro atoms. The van der Waals surface area contributed by atoms with Crippen LogP contribution in [0.15, 0.2) is 24.4 Å². The molecule has 2 amide bonds. The molecule has 5 rings (SSSR count). The average molecular weight is 344 g/mol. The van der Waals surface area contributed by atoms with E-state index in [4.69, 9.17) is 4.74 Å². The molecule has 25 heavy (non-hydrogen) atoms. The van der Waals surface area contributed by atoms with Crippen LogP contribution in [0.4, 0.5) is 0 Å². The molecule has 1 aliphatic carbocycles. The van der Waals surface area contributed by atoms with Crippen molar-refractivity contribution in [3.05, 3.63) is 30.1 Å². The summed E-state index contributed by atoms with van der Waals surface area (Å²) in [7, 11) is 1.69. The summed E-state index contributed by atoms with van der Waals surface area (Å²) in [4.78, 5) is 29.0. The first-order valence-electron chi connectivity index (χ1n) is 8.87. The number of hydrogen-bond donors (Lipinski definition) is 3. The second-order valence-electron chi connectivity index (χ2n) is 7.44. The number of hydrogen-bond acceptors (Lipinski definition) is 5. The lowest BCUT2D eigenvalue weighted by Crippen LogP contribution is -2.61. The number of aromatic nitrogens is 1. The number of nitrogens with zero attached hydrogens (tertiary/aromatic N) is 1. The van der Waals surface area contributed by atoms with E-state index in [2.05, 4.69) is 20.9 Å². The first-order chi connectivity index (χ1) is 12.0. The van der Waals surface area contributed by atoms with E-state index in [9.17, 15) is 9.59 Å². The molecular weight excluding hydrogens is 320 g/mol. The average Bonchev–Trinajstić information content (AvgIpc) is 3.04. The third kappa shape index (κ3) is 2.37. The maximum atomic E-state index is 12.6. The third-order valence-corrected chi connectivity index (χ3v) is 6.07. The van der Waals surface area contributed by atoms with E-state index in [1.807, 2.05) is 0 Å². The van der Waals surface area contributed by atoms with Crippen LogP contribution in [0, 0.1) is 5.41 Å². The Kier molecular flexibility index (Phi) is 3.81. The lowest BCUT2D eigenvalue weighted by molar-refractivity contribution is -0.140. The number of pyridine rings is 1. The molecule has 1 saturated carbocycles. The van der Waals surface area contributed by atoms with Gasteiger partial charge in [-0.3, -0.25) is 14.6 Å². The SMILES string of the molecule is CNC(=O)C12CC(CNC(=O)c3ccccn3)(C1)OC21CCNCC1. The number of piperidine rings is 1. The molecule has 0 unspecified atom stereocenters. The van der Waals surface area contributed by atoms with E-state index in [0.717, 1.165) is 25.9 Å². The van der Waals surface area contributed by atoms with Gasteiger partial charge >= 0.3 is 0 Å². The van der Waals surface area contributed by atoms with Crippen molar-refractivity contribution in [3.63, 3.8) is 0 Å². The van der Waals surface area contributed by atoms with Crippen LogP contribution in [0.5, 0.6) is 0 Å². The summed E-state index contributed by atoms with van der Waals surface area (Å²) in [5, 5.41) is 9.11. The molecule has 7 heteroatoms. The largest absolute Gasteiger partial charge is 0.365 e. The molecule has 1 aromatic heterocycles. The van der Waals surface area contributed by atoms with Crippen molar-refractivity contribution in [2.45, 2.75) is 36.9 Å². The lowest BCUT2D eigenvalue weighted by Gasteiger charge is -2.47. The van der Waals surface area contributed by atoms with E-state index in [1.54, 1.807) is 31.4 Å². The Morgan fingerprint density at radius 3 is 2.68 bits per heavy atom. The topological polar surface area (TPSA) is 92.4 Å². The number of carbonyl (C=O) groups excluding carboxylic acids is 2. The number of nitrogens with one attached hydrogen (secondary N) is 3. The minimum absolute atomic E-state index is 0.0681. The van der Waals surface area contributed by atoms with Crippen molar-refractivity contribution in [1.29, 1.82) is 0 Å². The number of rotatable bonds is 4. The van der Waals surface area contributed by atoms with Gasteiger partial charge in [0.15, 0.2) is 0 Å². The standard InChI is InChI=1S/C18H24N4O3/c1-19-15(24)17-10-16(11-17,25-18(17)5-8-20-9-6-18)12-22-14(23)13-4-2-3-7-21-13/h2-4,7,20H,5-6,8-12H2,1H3,(H,19,24)(H,22,23). The molecule has 4 fully saturated rings. The van der Waals surface area contributed by atoms with Crippen molar-refractivity contribution in [1.82, 2.24) is 20.9 Å².